The Hall–Kier alpha value is -1.81. The summed E-state index contributed by atoms with van der Waals surface area (Å²) in [7, 11) is 0. The third-order valence-electron chi connectivity index (χ3n) is 3.35. The van der Waals surface area contributed by atoms with E-state index in [0.29, 0.717) is 12.5 Å². The molecule has 108 valence electrons. The quantitative estimate of drug-likeness (QED) is 0.850. The highest BCUT2D eigenvalue weighted by Gasteiger charge is 2.13. The number of hydroxylamine groups is 1. The molecule has 0 aliphatic carbocycles. The first kappa shape index (κ1) is 14.6. The van der Waals surface area contributed by atoms with E-state index in [2.05, 4.69) is 32.3 Å². The van der Waals surface area contributed by atoms with Gasteiger partial charge in [-0.3, -0.25) is 9.63 Å². The van der Waals surface area contributed by atoms with E-state index in [1.54, 1.807) is 6.26 Å². The van der Waals surface area contributed by atoms with Crippen LogP contribution in [-0.4, -0.2) is 12.5 Å². The third-order valence-corrected chi connectivity index (χ3v) is 3.35. The molecule has 0 aliphatic rings. The van der Waals surface area contributed by atoms with Gasteiger partial charge in [0.2, 0.25) is 5.91 Å². The molecular formula is C16H21NO3. The van der Waals surface area contributed by atoms with Crippen LogP contribution in [0.1, 0.15) is 43.4 Å². The number of hydrogen-bond donors (Lipinski definition) is 1. The number of nitrogens with one attached hydrogen (secondary N) is 1. The van der Waals surface area contributed by atoms with Crippen molar-refractivity contribution in [1.82, 2.24) is 5.48 Å². The topological polar surface area (TPSA) is 51.5 Å². The molecule has 2 aromatic rings. The van der Waals surface area contributed by atoms with Crippen LogP contribution in [0.3, 0.4) is 0 Å². The van der Waals surface area contributed by atoms with E-state index in [0.717, 1.165) is 16.5 Å². The maximum atomic E-state index is 11.7. The minimum absolute atomic E-state index is 0.166. The molecule has 2 rings (SSSR count). The van der Waals surface area contributed by atoms with Crippen LogP contribution in [0.15, 0.2) is 22.8 Å². The molecule has 20 heavy (non-hydrogen) atoms. The summed E-state index contributed by atoms with van der Waals surface area (Å²) >= 11 is 0. The molecule has 0 unspecified atom stereocenters. The predicted octanol–water partition coefficient (Wildman–Crippen LogP) is 3.47. The molecule has 0 aliphatic heterocycles. The third kappa shape index (κ3) is 3.02. The van der Waals surface area contributed by atoms with E-state index in [4.69, 9.17) is 9.25 Å². The average Bonchev–Trinajstić information content (AvgIpc) is 2.77. The summed E-state index contributed by atoms with van der Waals surface area (Å²) in [5.74, 6) is 0.278. The standard InChI is InChI=1S/C16H21NO3/c1-5-20-17-16(18)7-12-9-19-15-6-11(4)13(10(2)3)8-14(12)15/h6,8-10H,5,7H2,1-4H3,(H,17,18). The van der Waals surface area contributed by atoms with Crippen molar-refractivity contribution < 1.29 is 14.0 Å². The first-order valence-corrected chi connectivity index (χ1v) is 6.94. The lowest BCUT2D eigenvalue weighted by atomic mass is 9.95. The molecular weight excluding hydrogens is 254 g/mol. The summed E-state index contributed by atoms with van der Waals surface area (Å²) in [5, 5.41) is 1.01. The highest BCUT2D eigenvalue weighted by molar-refractivity contribution is 5.88. The zero-order valence-corrected chi connectivity index (χ0v) is 12.4. The number of fused-ring (bicyclic) bond motifs is 1. The minimum atomic E-state index is -0.166. The molecule has 1 amide bonds. The molecule has 0 fully saturated rings. The van der Waals surface area contributed by atoms with Gasteiger partial charge in [0.05, 0.1) is 19.3 Å². The van der Waals surface area contributed by atoms with Crippen molar-refractivity contribution in [3.8, 4) is 0 Å². The molecule has 0 spiro atoms. The van der Waals surface area contributed by atoms with Gasteiger partial charge in [0.1, 0.15) is 5.58 Å². The Kier molecular flexibility index (Phi) is 4.45. The van der Waals surface area contributed by atoms with Crippen molar-refractivity contribution in [2.45, 2.75) is 40.0 Å². The van der Waals surface area contributed by atoms with Crippen molar-refractivity contribution in [2.75, 3.05) is 6.61 Å². The van der Waals surface area contributed by atoms with Gasteiger partial charge in [-0.15, -0.1) is 0 Å². The lowest BCUT2D eigenvalue weighted by molar-refractivity contribution is -0.132. The smallest absolute Gasteiger partial charge is 0.248 e. The summed E-state index contributed by atoms with van der Waals surface area (Å²) in [6.45, 7) is 8.68. The SMILES string of the molecule is CCONC(=O)Cc1coc2cc(C)c(C(C)C)cc12. The number of rotatable bonds is 5. The van der Waals surface area contributed by atoms with Gasteiger partial charge in [0, 0.05) is 10.9 Å². The molecule has 4 heteroatoms. The van der Waals surface area contributed by atoms with Crippen molar-refractivity contribution in [1.29, 1.82) is 0 Å². The Morgan fingerprint density at radius 3 is 2.80 bits per heavy atom. The second-order valence-corrected chi connectivity index (χ2v) is 5.26. The summed E-state index contributed by atoms with van der Waals surface area (Å²) < 4.78 is 5.55. The maximum absolute atomic E-state index is 11.7. The van der Waals surface area contributed by atoms with Gasteiger partial charge in [0.25, 0.3) is 0 Å². The Morgan fingerprint density at radius 1 is 1.40 bits per heavy atom. The van der Waals surface area contributed by atoms with Crippen molar-refractivity contribution in [2.24, 2.45) is 0 Å². The van der Waals surface area contributed by atoms with Crippen LogP contribution in [0.4, 0.5) is 0 Å². The zero-order chi connectivity index (χ0) is 14.7. The summed E-state index contributed by atoms with van der Waals surface area (Å²) in [6.07, 6.45) is 1.91. The molecule has 1 aromatic heterocycles. The lowest BCUT2D eigenvalue weighted by Gasteiger charge is -2.10. The normalized spacial score (nSPS) is 11.2. The molecule has 0 saturated carbocycles. The van der Waals surface area contributed by atoms with Gasteiger partial charge in [0.15, 0.2) is 0 Å². The van der Waals surface area contributed by atoms with Gasteiger partial charge in [-0.25, -0.2) is 5.48 Å². The highest BCUT2D eigenvalue weighted by Crippen LogP contribution is 2.29. The number of carbonyl (C=O) groups is 1. The fourth-order valence-electron chi connectivity index (χ4n) is 2.37. The summed E-state index contributed by atoms with van der Waals surface area (Å²) in [6, 6.07) is 4.16. The van der Waals surface area contributed by atoms with E-state index in [9.17, 15) is 4.79 Å². The van der Waals surface area contributed by atoms with Gasteiger partial charge < -0.3 is 4.42 Å². The second kappa shape index (κ2) is 6.09. The first-order chi connectivity index (χ1) is 9.52. The van der Waals surface area contributed by atoms with Crippen LogP contribution < -0.4 is 5.48 Å². The van der Waals surface area contributed by atoms with Gasteiger partial charge >= 0.3 is 0 Å². The Balaban J connectivity index is 2.30. The van der Waals surface area contributed by atoms with Crippen molar-refractivity contribution >= 4 is 16.9 Å². The largest absolute Gasteiger partial charge is 0.464 e. The molecule has 1 N–H and O–H groups in total. The molecule has 0 atom stereocenters. The predicted molar refractivity (Wildman–Crippen MR) is 78.5 cm³/mol. The first-order valence-electron chi connectivity index (χ1n) is 6.94. The number of furan rings is 1. The van der Waals surface area contributed by atoms with E-state index < -0.39 is 0 Å². The molecule has 0 saturated heterocycles. The van der Waals surface area contributed by atoms with Gasteiger partial charge in [-0.1, -0.05) is 13.8 Å². The Labute approximate surface area is 119 Å². The lowest BCUT2D eigenvalue weighted by Crippen LogP contribution is -2.25. The molecule has 1 heterocycles. The van der Waals surface area contributed by atoms with Gasteiger partial charge in [-0.05, 0) is 43.0 Å². The molecule has 1 aromatic carbocycles. The Morgan fingerprint density at radius 2 is 2.15 bits per heavy atom. The van der Waals surface area contributed by atoms with E-state index in [1.165, 1.54) is 11.1 Å². The van der Waals surface area contributed by atoms with Crippen molar-refractivity contribution in [3.05, 3.63) is 35.1 Å². The van der Waals surface area contributed by atoms with Crippen LogP contribution in [0.5, 0.6) is 0 Å². The average molecular weight is 275 g/mol. The fourth-order valence-corrected chi connectivity index (χ4v) is 2.37. The van der Waals surface area contributed by atoms with Crippen LogP contribution in [-0.2, 0) is 16.1 Å². The van der Waals surface area contributed by atoms with Crippen LogP contribution in [0.2, 0.25) is 0 Å². The molecule has 4 nitrogen and oxygen atoms in total. The van der Waals surface area contributed by atoms with E-state index >= 15 is 0 Å². The second-order valence-electron chi connectivity index (χ2n) is 5.26. The van der Waals surface area contributed by atoms with E-state index in [1.807, 2.05) is 13.0 Å². The minimum Gasteiger partial charge on any atom is -0.464 e. The zero-order valence-electron chi connectivity index (χ0n) is 12.4. The van der Waals surface area contributed by atoms with Crippen LogP contribution >= 0.6 is 0 Å². The van der Waals surface area contributed by atoms with Gasteiger partial charge in [-0.2, -0.15) is 0 Å². The number of aryl methyl sites for hydroxylation is 1. The molecule has 0 bridgehead atoms. The molecule has 0 radical (unpaired) electrons. The van der Waals surface area contributed by atoms with Crippen LogP contribution in [0, 0.1) is 6.92 Å². The summed E-state index contributed by atoms with van der Waals surface area (Å²) in [5.41, 5.74) is 6.61. The number of hydrogen-bond acceptors (Lipinski definition) is 3. The fraction of sp³-hybridized carbons (Fsp3) is 0.438. The number of benzene rings is 1. The van der Waals surface area contributed by atoms with E-state index in [-0.39, 0.29) is 12.3 Å². The maximum Gasteiger partial charge on any atom is 0.248 e. The van der Waals surface area contributed by atoms with Crippen molar-refractivity contribution in [3.63, 3.8) is 0 Å². The Bertz CT molecular complexity index is 613. The van der Waals surface area contributed by atoms with Crippen LogP contribution in [0.25, 0.3) is 11.0 Å². The monoisotopic (exact) mass is 275 g/mol. The number of carbonyl (C=O) groups excluding carboxylic acids is 1. The number of amides is 1. The highest BCUT2D eigenvalue weighted by atomic mass is 16.6. The summed E-state index contributed by atoms with van der Waals surface area (Å²) in [4.78, 5) is 16.6.